The summed E-state index contributed by atoms with van der Waals surface area (Å²) in [7, 11) is 0. The highest BCUT2D eigenvalue weighted by Crippen LogP contribution is 2.21. The molecule has 0 saturated carbocycles. The zero-order chi connectivity index (χ0) is 17.3. The Kier molecular flexibility index (Phi) is 4.62. The fraction of sp³-hybridized carbons (Fsp3) is 0.412. The van der Waals surface area contributed by atoms with Gasteiger partial charge < -0.3 is 10.6 Å². The van der Waals surface area contributed by atoms with Crippen LogP contribution in [0.2, 0.25) is 0 Å². The number of nitrogens with one attached hydrogen (secondary N) is 1. The smallest absolute Gasteiger partial charge is 0.224 e. The third-order valence-corrected chi connectivity index (χ3v) is 4.41. The van der Waals surface area contributed by atoms with Crippen LogP contribution in [0.1, 0.15) is 28.9 Å². The van der Waals surface area contributed by atoms with E-state index in [1.165, 1.54) is 0 Å². The lowest BCUT2D eigenvalue weighted by molar-refractivity contribution is -0.132. The van der Waals surface area contributed by atoms with Crippen molar-refractivity contribution < 1.29 is 13.6 Å². The molecular weight excluding hydrogens is 314 g/mol. The van der Waals surface area contributed by atoms with Gasteiger partial charge in [0.2, 0.25) is 5.91 Å². The number of nitrogens with zero attached hydrogens (tertiary/aromatic N) is 2. The first-order valence-corrected chi connectivity index (χ1v) is 7.94. The van der Waals surface area contributed by atoms with Crippen molar-refractivity contribution in [1.29, 1.82) is 0 Å². The monoisotopic (exact) mass is 334 g/mol. The molecule has 1 atom stereocenters. The van der Waals surface area contributed by atoms with Crippen LogP contribution >= 0.6 is 0 Å². The number of carbonyl (C=O) groups is 1. The first-order chi connectivity index (χ1) is 11.4. The van der Waals surface area contributed by atoms with E-state index in [4.69, 9.17) is 5.73 Å². The van der Waals surface area contributed by atoms with E-state index in [9.17, 15) is 13.6 Å². The number of fused-ring (bicyclic) bond motifs is 1. The van der Waals surface area contributed by atoms with Crippen molar-refractivity contribution in [1.82, 2.24) is 15.1 Å². The summed E-state index contributed by atoms with van der Waals surface area (Å²) in [5.41, 5.74) is 9.20. The highest BCUT2D eigenvalue weighted by atomic mass is 19.1. The molecule has 5 nitrogen and oxygen atoms in total. The van der Waals surface area contributed by atoms with Gasteiger partial charge in [-0.1, -0.05) is 0 Å². The molecule has 3 N–H and O–H groups in total. The number of halogens is 2. The molecule has 7 heteroatoms. The van der Waals surface area contributed by atoms with Crippen molar-refractivity contribution in [3.63, 3.8) is 0 Å². The number of nitrogens with two attached hydrogens (primary N) is 1. The third kappa shape index (κ3) is 3.46. The van der Waals surface area contributed by atoms with Crippen LogP contribution in [0.3, 0.4) is 0 Å². The van der Waals surface area contributed by atoms with E-state index in [1.54, 1.807) is 4.90 Å². The maximum Gasteiger partial charge on any atom is 0.224 e. The number of rotatable bonds is 4. The zero-order valence-electron chi connectivity index (χ0n) is 13.5. The average Bonchev–Trinajstić information content (AvgIpc) is 2.91. The molecule has 24 heavy (non-hydrogen) atoms. The standard InChI is InChI=1S/C17H20F2N4O/c1-10-14-9-23(5-4-16(14)22-21-10)17(24)8-13(20)7-11-6-12(18)2-3-15(11)19/h2-3,6,13H,4-5,7-9,20H2,1H3,(H,21,22)/t13-/m1/s1. The number of hydrogen-bond acceptors (Lipinski definition) is 3. The Labute approximate surface area is 138 Å². The van der Waals surface area contributed by atoms with Crippen molar-refractivity contribution in [2.24, 2.45) is 5.73 Å². The number of hydrogen-bond donors (Lipinski definition) is 2. The quantitative estimate of drug-likeness (QED) is 0.896. The maximum atomic E-state index is 13.7. The summed E-state index contributed by atoms with van der Waals surface area (Å²) >= 11 is 0. The second-order valence-electron chi connectivity index (χ2n) is 6.24. The Balaban J connectivity index is 1.60. The van der Waals surface area contributed by atoms with Crippen LogP contribution in [-0.2, 0) is 24.2 Å². The maximum absolute atomic E-state index is 13.7. The molecule has 0 fully saturated rings. The molecule has 0 unspecified atom stereocenters. The molecule has 0 aliphatic carbocycles. The number of aromatic nitrogens is 2. The fourth-order valence-electron chi connectivity index (χ4n) is 3.05. The number of benzene rings is 1. The first-order valence-electron chi connectivity index (χ1n) is 7.94. The minimum Gasteiger partial charge on any atom is -0.338 e. The van der Waals surface area contributed by atoms with Gasteiger partial charge in [0.05, 0.1) is 5.69 Å². The minimum absolute atomic E-state index is 0.0782. The van der Waals surface area contributed by atoms with Gasteiger partial charge in [0.15, 0.2) is 0 Å². The van der Waals surface area contributed by atoms with Crippen LogP contribution in [0.25, 0.3) is 0 Å². The molecule has 0 spiro atoms. The van der Waals surface area contributed by atoms with Gasteiger partial charge in [-0.05, 0) is 37.1 Å². The molecular formula is C17H20F2N4O. The van der Waals surface area contributed by atoms with Gasteiger partial charge in [0.1, 0.15) is 11.6 Å². The van der Waals surface area contributed by atoms with Crippen molar-refractivity contribution in [3.8, 4) is 0 Å². The summed E-state index contributed by atoms with van der Waals surface area (Å²) in [6.07, 6.45) is 0.931. The largest absolute Gasteiger partial charge is 0.338 e. The van der Waals surface area contributed by atoms with E-state index in [1.807, 2.05) is 6.92 Å². The number of aromatic amines is 1. The predicted octanol–water partition coefficient (Wildman–Crippen LogP) is 1.84. The van der Waals surface area contributed by atoms with E-state index >= 15 is 0 Å². The van der Waals surface area contributed by atoms with E-state index in [2.05, 4.69) is 10.2 Å². The number of H-pyrrole nitrogens is 1. The van der Waals surface area contributed by atoms with Crippen molar-refractivity contribution in [2.45, 2.75) is 38.8 Å². The molecule has 1 aromatic carbocycles. The van der Waals surface area contributed by atoms with Crippen LogP contribution in [-0.4, -0.2) is 33.6 Å². The van der Waals surface area contributed by atoms with Crippen LogP contribution in [0.15, 0.2) is 18.2 Å². The summed E-state index contributed by atoms with van der Waals surface area (Å²) < 4.78 is 26.9. The molecule has 128 valence electrons. The van der Waals surface area contributed by atoms with Gasteiger partial charge in [0.25, 0.3) is 0 Å². The van der Waals surface area contributed by atoms with Gasteiger partial charge in [-0.25, -0.2) is 8.78 Å². The lowest BCUT2D eigenvalue weighted by Gasteiger charge is -2.28. The molecule has 0 radical (unpaired) electrons. The van der Waals surface area contributed by atoms with E-state index in [0.717, 1.165) is 35.2 Å². The molecule has 2 heterocycles. The summed E-state index contributed by atoms with van der Waals surface area (Å²) in [6.45, 7) is 3.03. The van der Waals surface area contributed by atoms with Crippen LogP contribution in [0.4, 0.5) is 8.78 Å². The van der Waals surface area contributed by atoms with Crippen molar-refractivity contribution in [3.05, 3.63) is 52.3 Å². The van der Waals surface area contributed by atoms with Crippen LogP contribution in [0.5, 0.6) is 0 Å². The molecule has 0 saturated heterocycles. The first kappa shape index (κ1) is 16.6. The predicted molar refractivity (Wildman–Crippen MR) is 85.1 cm³/mol. The Morgan fingerprint density at radius 3 is 3.04 bits per heavy atom. The average molecular weight is 334 g/mol. The van der Waals surface area contributed by atoms with Gasteiger partial charge in [0, 0.05) is 43.2 Å². The molecule has 1 aliphatic heterocycles. The molecule has 0 bridgehead atoms. The van der Waals surface area contributed by atoms with Gasteiger partial charge in [-0.15, -0.1) is 0 Å². The fourth-order valence-corrected chi connectivity index (χ4v) is 3.05. The highest BCUT2D eigenvalue weighted by molar-refractivity contribution is 5.77. The SMILES string of the molecule is Cc1[nH]nc2c1CN(C(=O)C[C@H](N)Cc1cc(F)ccc1F)CC2. The summed E-state index contributed by atoms with van der Waals surface area (Å²) in [5, 5.41) is 7.15. The number of aryl methyl sites for hydroxylation is 1. The highest BCUT2D eigenvalue weighted by Gasteiger charge is 2.25. The van der Waals surface area contributed by atoms with Crippen LogP contribution < -0.4 is 5.73 Å². The molecule has 1 aromatic heterocycles. The van der Waals surface area contributed by atoms with Gasteiger partial charge >= 0.3 is 0 Å². The minimum atomic E-state index is -0.555. The van der Waals surface area contributed by atoms with Crippen molar-refractivity contribution in [2.75, 3.05) is 6.54 Å². The zero-order valence-corrected chi connectivity index (χ0v) is 13.5. The molecule has 2 aromatic rings. The van der Waals surface area contributed by atoms with E-state index in [-0.39, 0.29) is 24.3 Å². The topological polar surface area (TPSA) is 75.0 Å². The Morgan fingerprint density at radius 1 is 1.46 bits per heavy atom. The van der Waals surface area contributed by atoms with Gasteiger partial charge in [-0.3, -0.25) is 9.89 Å². The van der Waals surface area contributed by atoms with Crippen molar-refractivity contribution >= 4 is 5.91 Å². The molecule has 1 amide bonds. The summed E-state index contributed by atoms with van der Waals surface area (Å²) in [6, 6.07) is 2.71. The van der Waals surface area contributed by atoms with E-state index in [0.29, 0.717) is 19.5 Å². The second-order valence-corrected chi connectivity index (χ2v) is 6.24. The Hall–Kier alpha value is -2.28. The van der Waals surface area contributed by atoms with E-state index < -0.39 is 17.7 Å². The Morgan fingerprint density at radius 2 is 2.25 bits per heavy atom. The lowest BCUT2D eigenvalue weighted by Crippen LogP contribution is -2.39. The van der Waals surface area contributed by atoms with Gasteiger partial charge in [-0.2, -0.15) is 5.10 Å². The summed E-state index contributed by atoms with van der Waals surface area (Å²) in [5.74, 6) is -1.09. The normalized spacial score (nSPS) is 15.2. The molecule has 3 rings (SSSR count). The molecule has 1 aliphatic rings. The van der Waals surface area contributed by atoms with Crippen LogP contribution in [0, 0.1) is 18.6 Å². The second kappa shape index (κ2) is 6.68. The number of amides is 1. The summed E-state index contributed by atoms with van der Waals surface area (Å²) in [4.78, 5) is 14.2. The third-order valence-electron chi connectivity index (χ3n) is 4.41. The Bertz CT molecular complexity index is 759. The lowest BCUT2D eigenvalue weighted by atomic mass is 10.0. The number of carbonyl (C=O) groups excluding carboxylic acids is 1.